The van der Waals surface area contributed by atoms with Gasteiger partial charge in [-0.25, -0.2) is 4.79 Å². The van der Waals surface area contributed by atoms with Gasteiger partial charge in [0.2, 0.25) is 11.8 Å². The third kappa shape index (κ3) is 7.40. The number of hydrogen-bond acceptors (Lipinski definition) is 7. The van der Waals surface area contributed by atoms with E-state index in [9.17, 15) is 24.5 Å². The normalized spacial score (nSPS) is 16.9. The standard InChI is InChI=1S/C21H30N4O6S/c1-21(2,3)31-20(28)23-16(11-13-32-4)19(27)24-12-5-6-17(24)18(26)22-14-7-9-15(10-8-14)25(29)30/h7-10,16-17H,5-6,11-13H2,1-4H3,(H,22,26)(H,23,28)/t16-,17-/m0/s1. The van der Waals surface area contributed by atoms with Gasteiger partial charge in [-0.15, -0.1) is 0 Å². The van der Waals surface area contributed by atoms with Crippen molar-refractivity contribution in [2.45, 2.75) is 57.7 Å². The van der Waals surface area contributed by atoms with Crippen molar-refractivity contribution in [1.82, 2.24) is 10.2 Å². The molecule has 1 aromatic rings. The maximum atomic E-state index is 13.2. The molecular weight excluding hydrogens is 436 g/mol. The lowest BCUT2D eigenvalue weighted by atomic mass is 10.1. The van der Waals surface area contributed by atoms with Crippen LogP contribution >= 0.6 is 11.8 Å². The van der Waals surface area contributed by atoms with Gasteiger partial charge in [0.1, 0.15) is 17.7 Å². The number of nitro benzene ring substituents is 1. The second-order valence-corrected chi connectivity index (χ2v) is 9.45. The minimum absolute atomic E-state index is 0.0782. The molecule has 0 bridgehead atoms. The summed E-state index contributed by atoms with van der Waals surface area (Å²) >= 11 is 1.55. The first-order valence-corrected chi connectivity index (χ1v) is 11.8. The largest absolute Gasteiger partial charge is 0.444 e. The summed E-state index contributed by atoms with van der Waals surface area (Å²) in [4.78, 5) is 50.1. The molecule has 3 amide bonds. The van der Waals surface area contributed by atoms with E-state index < -0.39 is 28.7 Å². The average molecular weight is 467 g/mol. The van der Waals surface area contributed by atoms with E-state index in [1.807, 2.05) is 6.26 Å². The number of ether oxygens (including phenoxy) is 1. The second-order valence-electron chi connectivity index (χ2n) is 8.46. The van der Waals surface area contributed by atoms with Gasteiger partial charge >= 0.3 is 6.09 Å². The van der Waals surface area contributed by atoms with Gasteiger partial charge in [0.05, 0.1) is 4.92 Å². The van der Waals surface area contributed by atoms with Crippen molar-refractivity contribution in [1.29, 1.82) is 0 Å². The topological polar surface area (TPSA) is 131 Å². The van der Waals surface area contributed by atoms with E-state index in [0.717, 1.165) is 0 Å². The van der Waals surface area contributed by atoms with Crippen LogP contribution in [0.4, 0.5) is 16.2 Å². The molecule has 0 unspecified atom stereocenters. The minimum Gasteiger partial charge on any atom is -0.444 e. The maximum Gasteiger partial charge on any atom is 0.408 e. The third-order valence-electron chi connectivity index (χ3n) is 4.78. The molecule has 10 nitrogen and oxygen atoms in total. The van der Waals surface area contributed by atoms with Crippen LogP contribution in [0.1, 0.15) is 40.0 Å². The fourth-order valence-electron chi connectivity index (χ4n) is 3.34. The van der Waals surface area contributed by atoms with E-state index in [0.29, 0.717) is 37.2 Å². The maximum absolute atomic E-state index is 13.2. The van der Waals surface area contributed by atoms with Crippen LogP contribution in [-0.4, -0.2) is 64.0 Å². The van der Waals surface area contributed by atoms with Crippen molar-refractivity contribution >= 4 is 41.0 Å². The number of non-ortho nitro benzene ring substituents is 1. The zero-order valence-corrected chi connectivity index (χ0v) is 19.6. The third-order valence-corrected chi connectivity index (χ3v) is 5.43. The van der Waals surface area contributed by atoms with Crippen molar-refractivity contribution in [3.05, 3.63) is 34.4 Å². The molecule has 0 radical (unpaired) electrons. The Morgan fingerprint density at radius 1 is 1.28 bits per heavy atom. The number of thioether (sulfide) groups is 1. The van der Waals surface area contributed by atoms with Crippen LogP contribution in [-0.2, 0) is 14.3 Å². The van der Waals surface area contributed by atoms with Crippen molar-refractivity contribution in [3.63, 3.8) is 0 Å². The Hall–Kier alpha value is -2.82. The van der Waals surface area contributed by atoms with Crippen LogP contribution < -0.4 is 10.6 Å². The number of carbonyl (C=O) groups excluding carboxylic acids is 3. The Morgan fingerprint density at radius 3 is 2.50 bits per heavy atom. The van der Waals surface area contributed by atoms with Crippen LogP contribution in [0.15, 0.2) is 24.3 Å². The first-order chi connectivity index (χ1) is 15.0. The molecule has 32 heavy (non-hydrogen) atoms. The Morgan fingerprint density at radius 2 is 1.94 bits per heavy atom. The Bertz CT molecular complexity index is 840. The molecule has 1 aliphatic rings. The van der Waals surface area contributed by atoms with Crippen LogP contribution in [0.2, 0.25) is 0 Å². The van der Waals surface area contributed by atoms with Crippen LogP contribution in [0.25, 0.3) is 0 Å². The van der Waals surface area contributed by atoms with Crippen molar-refractivity contribution in [2.24, 2.45) is 0 Å². The summed E-state index contributed by atoms with van der Waals surface area (Å²) in [6.07, 6.45) is 2.79. The van der Waals surface area contributed by atoms with E-state index in [4.69, 9.17) is 4.74 Å². The molecule has 0 aromatic heterocycles. The molecule has 1 aromatic carbocycles. The first kappa shape index (κ1) is 25.4. The van der Waals surface area contributed by atoms with Gasteiger partial charge in [-0.2, -0.15) is 11.8 Å². The summed E-state index contributed by atoms with van der Waals surface area (Å²) in [5.74, 6) is -0.0449. The summed E-state index contributed by atoms with van der Waals surface area (Å²) in [6, 6.07) is 4.01. The van der Waals surface area contributed by atoms with Gasteiger partial charge in [-0.3, -0.25) is 19.7 Å². The monoisotopic (exact) mass is 466 g/mol. The quantitative estimate of drug-likeness (QED) is 0.444. The highest BCUT2D eigenvalue weighted by atomic mass is 32.2. The summed E-state index contributed by atoms with van der Waals surface area (Å²) in [5.41, 5.74) is -0.367. The Balaban J connectivity index is 2.08. The predicted molar refractivity (Wildman–Crippen MR) is 123 cm³/mol. The number of hydrogen-bond donors (Lipinski definition) is 2. The lowest BCUT2D eigenvalue weighted by molar-refractivity contribution is -0.384. The lowest BCUT2D eigenvalue weighted by Gasteiger charge is -2.29. The van der Waals surface area contributed by atoms with Crippen LogP contribution in [0, 0.1) is 10.1 Å². The van der Waals surface area contributed by atoms with Gasteiger partial charge < -0.3 is 20.3 Å². The number of carbonyl (C=O) groups is 3. The average Bonchev–Trinajstić information content (AvgIpc) is 3.19. The molecule has 1 fully saturated rings. The molecule has 0 spiro atoms. The number of rotatable bonds is 8. The van der Waals surface area contributed by atoms with E-state index in [1.165, 1.54) is 29.2 Å². The molecule has 2 atom stereocenters. The van der Waals surface area contributed by atoms with Crippen molar-refractivity contribution in [3.8, 4) is 0 Å². The van der Waals surface area contributed by atoms with Crippen LogP contribution in [0.3, 0.4) is 0 Å². The number of nitro groups is 1. The van der Waals surface area contributed by atoms with Crippen molar-refractivity contribution in [2.75, 3.05) is 23.9 Å². The van der Waals surface area contributed by atoms with Gasteiger partial charge in [-0.05, 0) is 64.2 Å². The molecule has 1 aliphatic heterocycles. The molecular formula is C21H30N4O6S. The molecule has 0 saturated carbocycles. The number of alkyl carbamates (subject to hydrolysis) is 1. The van der Waals surface area contributed by atoms with Crippen molar-refractivity contribution < 1.29 is 24.0 Å². The summed E-state index contributed by atoms with van der Waals surface area (Å²) in [7, 11) is 0. The summed E-state index contributed by atoms with van der Waals surface area (Å²) < 4.78 is 5.29. The zero-order valence-electron chi connectivity index (χ0n) is 18.8. The van der Waals surface area contributed by atoms with E-state index >= 15 is 0 Å². The zero-order chi connectivity index (χ0) is 23.9. The Labute approximate surface area is 191 Å². The fourth-order valence-corrected chi connectivity index (χ4v) is 3.81. The number of nitrogens with one attached hydrogen (secondary N) is 2. The number of likely N-dealkylation sites (tertiary alicyclic amines) is 1. The van der Waals surface area contributed by atoms with Gasteiger partial charge in [0.15, 0.2) is 0 Å². The SMILES string of the molecule is CSCC[C@H](NC(=O)OC(C)(C)C)C(=O)N1CCC[C@H]1C(=O)Nc1ccc([N+](=O)[O-])cc1. The first-order valence-electron chi connectivity index (χ1n) is 10.4. The highest BCUT2D eigenvalue weighted by Gasteiger charge is 2.38. The van der Waals surface area contributed by atoms with Gasteiger partial charge in [-0.1, -0.05) is 0 Å². The second kappa shape index (κ2) is 11.2. The molecule has 176 valence electrons. The Kier molecular flexibility index (Phi) is 8.88. The number of anilines is 1. The summed E-state index contributed by atoms with van der Waals surface area (Å²) in [5, 5.41) is 16.2. The van der Waals surface area contributed by atoms with Gasteiger partial charge in [0.25, 0.3) is 5.69 Å². The molecule has 0 aliphatic carbocycles. The summed E-state index contributed by atoms with van der Waals surface area (Å²) in [6.45, 7) is 5.63. The highest BCUT2D eigenvalue weighted by Crippen LogP contribution is 2.22. The molecule has 1 heterocycles. The minimum atomic E-state index is -0.801. The fraction of sp³-hybridized carbons (Fsp3) is 0.571. The number of amides is 3. The van der Waals surface area contributed by atoms with E-state index in [1.54, 1.807) is 32.5 Å². The molecule has 11 heteroatoms. The van der Waals surface area contributed by atoms with Crippen LogP contribution in [0.5, 0.6) is 0 Å². The highest BCUT2D eigenvalue weighted by molar-refractivity contribution is 7.98. The smallest absolute Gasteiger partial charge is 0.408 e. The van der Waals surface area contributed by atoms with E-state index in [2.05, 4.69) is 10.6 Å². The molecule has 2 rings (SSSR count). The number of nitrogens with zero attached hydrogens (tertiary/aromatic N) is 2. The molecule has 2 N–H and O–H groups in total. The molecule has 1 saturated heterocycles. The lowest BCUT2D eigenvalue weighted by Crippen LogP contribution is -2.53. The number of benzene rings is 1. The predicted octanol–water partition coefficient (Wildman–Crippen LogP) is 3.17. The van der Waals surface area contributed by atoms with E-state index in [-0.39, 0.29) is 17.5 Å². The van der Waals surface area contributed by atoms with Gasteiger partial charge in [0, 0.05) is 24.4 Å².